The maximum Gasteiger partial charge on any atom is 0.309 e. The van der Waals surface area contributed by atoms with Crippen molar-refractivity contribution in [3.05, 3.63) is 0 Å². The van der Waals surface area contributed by atoms with Crippen molar-refractivity contribution >= 4 is 5.97 Å². The first-order valence-corrected chi connectivity index (χ1v) is 7.97. The second-order valence-corrected chi connectivity index (χ2v) is 5.46. The van der Waals surface area contributed by atoms with Gasteiger partial charge in [-0.05, 0) is 19.3 Å². The van der Waals surface area contributed by atoms with Gasteiger partial charge >= 0.3 is 5.97 Å². The summed E-state index contributed by atoms with van der Waals surface area (Å²) >= 11 is 0. The lowest BCUT2D eigenvalue weighted by atomic mass is 10.1. The molecule has 0 heterocycles. The zero-order chi connectivity index (χ0) is 13.8. The zero-order valence-electron chi connectivity index (χ0n) is 12.4. The second-order valence-electron chi connectivity index (χ2n) is 5.46. The molecule has 0 aromatic rings. The van der Waals surface area contributed by atoms with E-state index in [1.807, 2.05) is 0 Å². The Hall–Kier alpha value is -0.970. The van der Waals surface area contributed by atoms with E-state index in [0.717, 1.165) is 19.3 Å². The van der Waals surface area contributed by atoms with E-state index in [1.54, 1.807) is 0 Å². The van der Waals surface area contributed by atoms with Crippen molar-refractivity contribution in [3.8, 4) is 11.8 Å². The van der Waals surface area contributed by atoms with Gasteiger partial charge in [0.25, 0.3) is 0 Å². The number of carbonyl (C=O) groups is 1. The average molecular weight is 264 g/mol. The SMILES string of the molecule is CCCCCCCCCCC#CCOC(=O)C1CC1. The van der Waals surface area contributed by atoms with Crippen molar-refractivity contribution in [1.82, 2.24) is 0 Å². The molecular formula is C17H28O2. The molecule has 2 heteroatoms. The molecule has 1 fully saturated rings. The Kier molecular flexibility index (Phi) is 9.23. The summed E-state index contributed by atoms with van der Waals surface area (Å²) in [5, 5.41) is 0. The van der Waals surface area contributed by atoms with Crippen LogP contribution in [0, 0.1) is 17.8 Å². The summed E-state index contributed by atoms with van der Waals surface area (Å²) in [6, 6.07) is 0. The predicted octanol–water partition coefficient (Wildman–Crippen LogP) is 4.47. The van der Waals surface area contributed by atoms with Crippen molar-refractivity contribution in [2.45, 2.75) is 77.6 Å². The van der Waals surface area contributed by atoms with Crippen LogP contribution in [-0.2, 0) is 9.53 Å². The van der Waals surface area contributed by atoms with Gasteiger partial charge in [-0.2, -0.15) is 0 Å². The monoisotopic (exact) mass is 264 g/mol. The largest absolute Gasteiger partial charge is 0.452 e. The summed E-state index contributed by atoms with van der Waals surface area (Å²) < 4.78 is 5.04. The minimum Gasteiger partial charge on any atom is -0.452 e. The highest BCUT2D eigenvalue weighted by Gasteiger charge is 2.30. The van der Waals surface area contributed by atoms with E-state index in [0.29, 0.717) is 0 Å². The van der Waals surface area contributed by atoms with Crippen LogP contribution in [0.3, 0.4) is 0 Å². The highest BCUT2D eigenvalue weighted by Crippen LogP contribution is 2.29. The molecule has 1 aliphatic carbocycles. The summed E-state index contributed by atoms with van der Waals surface area (Å²) in [6.07, 6.45) is 13.6. The molecule has 0 aromatic heterocycles. The lowest BCUT2D eigenvalue weighted by Crippen LogP contribution is -2.06. The van der Waals surface area contributed by atoms with Crippen molar-refractivity contribution in [2.24, 2.45) is 5.92 Å². The molecule has 0 atom stereocenters. The van der Waals surface area contributed by atoms with Gasteiger partial charge < -0.3 is 4.74 Å². The van der Waals surface area contributed by atoms with Gasteiger partial charge in [-0.15, -0.1) is 0 Å². The molecule has 0 N–H and O–H groups in total. The average Bonchev–Trinajstić information content (AvgIpc) is 3.24. The van der Waals surface area contributed by atoms with Crippen LogP contribution in [-0.4, -0.2) is 12.6 Å². The molecule has 0 unspecified atom stereocenters. The summed E-state index contributed by atoms with van der Waals surface area (Å²) in [4.78, 5) is 11.2. The minimum atomic E-state index is -0.0543. The van der Waals surface area contributed by atoms with Crippen molar-refractivity contribution in [2.75, 3.05) is 6.61 Å². The van der Waals surface area contributed by atoms with Gasteiger partial charge in [0.2, 0.25) is 0 Å². The number of hydrogen-bond donors (Lipinski definition) is 0. The summed E-state index contributed by atoms with van der Waals surface area (Å²) in [6.45, 7) is 2.53. The molecule has 2 nitrogen and oxygen atoms in total. The van der Waals surface area contributed by atoms with Gasteiger partial charge in [0.1, 0.15) is 0 Å². The summed E-state index contributed by atoms with van der Waals surface area (Å²) in [5.41, 5.74) is 0. The van der Waals surface area contributed by atoms with Gasteiger partial charge in [-0.3, -0.25) is 4.79 Å². The third-order valence-electron chi connectivity index (χ3n) is 3.48. The Morgan fingerprint density at radius 3 is 2.26 bits per heavy atom. The van der Waals surface area contributed by atoms with Crippen LogP contribution in [0.4, 0.5) is 0 Å². The molecule has 19 heavy (non-hydrogen) atoms. The number of rotatable bonds is 10. The Balaban J connectivity index is 1.78. The van der Waals surface area contributed by atoms with Crippen LogP contribution < -0.4 is 0 Å². The molecule has 0 aromatic carbocycles. The first-order chi connectivity index (χ1) is 9.34. The highest BCUT2D eigenvalue weighted by atomic mass is 16.5. The minimum absolute atomic E-state index is 0.0543. The third kappa shape index (κ3) is 9.59. The first kappa shape index (κ1) is 16.1. The molecule has 0 amide bonds. The van der Waals surface area contributed by atoms with Gasteiger partial charge in [-0.25, -0.2) is 0 Å². The van der Waals surface area contributed by atoms with Crippen LogP contribution in [0.25, 0.3) is 0 Å². The third-order valence-corrected chi connectivity index (χ3v) is 3.48. The fraction of sp³-hybridized carbons (Fsp3) is 0.824. The van der Waals surface area contributed by atoms with Crippen LogP contribution >= 0.6 is 0 Å². The normalized spacial score (nSPS) is 13.7. The zero-order valence-corrected chi connectivity index (χ0v) is 12.4. The molecular weight excluding hydrogens is 236 g/mol. The Morgan fingerprint density at radius 2 is 1.63 bits per heavy atom. The first-order valence-electron chi connectivity index (χ1n) is 7.97. The van der Waals surface area contributed by atoms with E-state index >= 15 is 0 Å². The number of hydrogen-bond acceptors (Lipinski definition) is 2. The van der Waals surface area contributed by atoms with Crippen LogP contribution in [0.5, 0.6) is 0 Å². The molecule has 0 bridgehead atoms. The van der Waals surface area contributed by atoms with Crippen LogP contribution in [0.1, 0.15) is 77.6 Å². The maximum atomic E-state index is 11.2. The van der Waals surface area contributed by atoms with E-state index in [-0.39, 0.29) is 18.5 Å². The fourth-order valence-electron chi connectivity index (χ4n) is 2.03. The molecule has 0 radical (unpaired) electrons. The Morgan fingerprint density at radius 1 is 1.00 bits per heavy atom. The number of unbranched alkanes of at least 4 members (excludes halogenated alkanes) is 8. The van der Waals surface area contributed by atoms with Crippen molar-refractivity contribution < 1.29 is 9.53 Å². The van der Waals surface area contributed by atoms with Gasteiger partial charge in [0.15, 0.2) is 6.61 Å². The van der Waals surface area contributed by atoms with Crippen molar-refractivity contribution in [3.63, 3.8) is 0 Å². The maximum absolute atomic E-state index is 11.2. The molecule has 1 aliphatic rings. The molecule has 1 rings (SSSR count). The van der Waals surface area contributed by atoms with Gasteiger partial charge in [0, 0.05) is 6.42 Å². The number of carbonyl (C=O) groups excluding carboxylic acids is 1. The van der Waals surface area contributed by atoms with E-state index < -0.39 is 0 Å². The fourth-order valence-corrected chi connectivity index (χ4v) is 2.03. The lowest BCUT2D eigenvalue weighted by molar-refractivity contribution is -0.143. The van der Waals surface area contributed by atoms with Crippen LogP contribution in [0.15, 0.2) is 0 Å². The van der Waals surface area contributed by atoms with Gasteiger partial charge in [-0.1, -0.05) is 63.7 Å². The molecule has 1 saturated carbocycles. The van der Waals surface area contributed by atoms with E-state index in [4.69, 9.17) is 4.74 Å². The quantitative estimate of drug-likeness (QED) is 0.330. The smallest absolute Gasteiger partial charge is 0.309 e. The molecule has 0 aliphatic heterocycles. The lowest BCUT2D eigenvalue weighted by Gasteiger charge is -1.99. The predicted molar refractivity (Wildman–Crippen MR) is 78.7 cm³/mol. The Labute approximate surface area is 118 Å². The van der Waals surface area contributed by atoms with Crippen LogP contribution in [0.2, 0.25) is 0 Å². The van der Waals surface area contributed by atoms with E-state index in [9.17, 15) is 4.79 Å². The van der Waals surface area contributed by atoms with E-state index in [1.165, 1.54) is 51.4 Å². The number of ether oxygens (including phenoxy) is 1. The Bertz CT molecular complexity index is 294. The highest BCUT2D eigenvalue weighted by molar-refractivity contribution is 5.75. The topological polar surface area (TPSA) is 26.3 Å². The summed E-state index contributed by atoms with van der Waals surface area (Å²) in [5.74, 6) is 6.14. The second kappa shape index (κ2) is 10.9. The van der Waals surface area contributed by atoms with E-state index in [2.05, 4.69) is 18.8 Å². The van der Waals surface area contributed by atoms with Crippen molar-refractivity contribution in [1.29, 1.82) is 0 Å². The van der Waals surface area contributed by atoms with Gasteiger partial charge in [0.05, 0.1) is 5.92 Å². The summed E-state index contributed by atoms with van der Waals surface area (Å²) in [7, 11) is 0. The standard InChI is InChI=1S/C17H28O2/c1-2-3-4-5-6-7-8-9-10-11-12-15-19-17(18)16-13-14-16/h16H,2-10,13-15H2,1H3. The molecule has 0 saturated heterocycles. The molecule has 0 spiro atoms. The number of esters is 1. The molecule has 108 valence electrons.